The summed E-state index contributed by atoms with van der Waals surface area (Å²) in [6, 6.07) is 8.88. The number of likely N-dealkylation sites (tertiary alicyclic amines) is 1. The van der Waals surface area contributed by atoms with Crippen molar-refractivity contribution in [3.8, 4) is 11.5 Å². The van der Waals surface area contributed by atoms with Crippen molar-refractivity contribution in [2.24, 2.45) is 17.8 Å². The van der Waals surface area contributed by atoms with Crippen LogP contribution in [0, 0.1) is 17.8 Å². The molecular formula is C38H46Cl2N2O6. The lowest BCUT2D eigenvalue weighted by atomic mass is 9.69. The van der Waals surface area contributed by atoms with Gasteiger partial charge in [-0.05, 0) is 102 Å². The number of carbonyl (C=O) groups excluding carboxylic acids is 3. The molecule has 6 rings (SSSR count). The predicted molar refractivity (Wildman–Crippen MR) is 186 cm³/mol. The van der Waals surface area contributed by atoms with E-state index < -0.39 is 29.6 Å². The third kappa shape index (κ3) is 7.18. The smallest absolute Gasteiger partial charge is 0.306 e. The van der Waals surface area contributed by atoms with Crippen molar-refractivity contribution in [2.75, 3.05) is 19.6 Å². The number of ether oxygens (including phenoxy) is 1. The molecule has 3 fully saturated rings. The third-order valence-corrected chi connectivity index (χ3v) is 11.7. The zero-order chi connectivity index (χ0) is 34.1. The lowest BCUT2D eigenvalue weighted by Gasteiger charge is -2.57. The van der Waals surface area contributed by atoms with Gasteiger partial charge in [0.25, 0.3) is 0 Å². The van der Waals surface area contributed by atoms with Crippen LogP contribution in [0.5, 0.6) is 11.5 Å². The van der Waals surface area contributed by atoms with E-state index in [9.17, 15) is 24.6 Å². The molecule has 0 aromatic heterocycles. The van der Waals surface area contributed by atoms with Crippen LogP contribution in [-0.2, 0) is 16.1 Å². The third-order valence-electron chi connectivity index (χ3n) is 11.0. The number of esters is 1. The van der Waals surface area contributed by atoms with Gasteiger partial charge in [0, 0.05) is 60.0 Å². The van der Waals surface area contributed by atoms with Crippen molar-refractivity contribution in [3.05, 3.63) is 68.7 Å². The van der Waals surface area contributed by atoms with Crippen LogP contribution < -0.4 is 0 Å². The first-order valence-electron chi connectivity index (χ1n) is 17.4. The van der Waals surface area contributed by atoms with Gasteiger partial charge >= 0.3 is 5.97 Å². The molecule has 3 saturated heterocycles. The molecule has 2 aromatic rings. The highest BCUT2D eigenvalue weighted by atomic mass is 35.5. The zero-order valence-corrected chi connectivity index (χ0v) is 29.3. The maximum atomic E-state index is 13.6. The van der Waals surface area contributed by atoms with Gasteiger partial charge in [-0.2, -0.15) is 0 Å². The van der Waals surface area contributed by atoms with Gasteiger partial charge in [0.15, 0.2) is 11.6 Å². The Balaban J connectivity index is 1.17. The van der Waals surface area contributed by atoms with Crippen LogP contribution in [0.15, 0.2) is 42.0 Å². The van der Waals surface area contributed by atoms with Crippen LogP contribution in [0.25, 0.3) is 0 Å². The molecule has 4 aliphatic rings. The van der Waals surface area contributed by atoms with E-state index in [1.807, 2.05) is 38.1 Å². The molecular weight excluding hydrogens is 651 g/mol. The second-order valence-electron chi connectivity index (χ2n) is 14.3. The Morgan fingerprint density at radius 1 is 1.02 bits per heavy atom. The van der Waals surface area contributed by atoms with E-state index in [1.54, 1.807) is 0 Å². The molecule has 1 aliphatic carbocycles. The van der Waals surface area contributed by atoms with Crippen LogP contribution >= 0.6 is 23.2 Å². The number of halogens is 2. The molecule has 3 aliphatic heterocycles. The highest BCUT2D eigenvalue weighted by molar-refractivity contribution is 6.36. The number of Topliss-reactive ketones (excluding diaryl/α,β-unsaturated/α-hetero) is 2. The SMILES string of the molecule is CC(C)=CC[C@@H](OC(=O)CCC[C@H]1[C@@H]2CCCN3CCC[C@H](CN1Cc1c(Cl)cccc1Cl)[C@H]23)C1CC(=O)c2c(O)ccc(O)c2C1=O. The highest BCUT2D eigenvalue weighted by Gasteiger charge is 2.48. The lowest BCUT2D eigenvalue weighted by molar-refractivity contribution is -0.151. The predicted octanol–water partition coefficient (Wildman–Crippen LogP) is 7.60. The standard InChI is InChI=1S/C38H46Cl2N2O6/c1-22(2)13-16-33(25-19-32(45)35-30(43)14-15-31(44)36(35)38(25)47)48-34(46)12-4-11-29-24-8-6-18-41-17-5-7-23(37(24)41)20-42(29)21-26-27(39)9-3-10-28(26)40/h3,9-10,13-15,23-25,29,33,37,43-44H,4-8,11-12,16-21H2,1-2H3/t23-,24+,25?,29+,33-,37-/m1/s1. The average molecular weight is 698 g/mol. The minimum atomic E-state index is -0.956. The van der Waals surface area contributed by atoms with Gasteiger partial charge in [-0.25, -0.2) is 0 Å². The highest BCUT2D eigenvalue weighted by Crippen LogP contribution is 2.45. The van der Waals surface area contributed by atoms with Crippen LogP contribution in [0.2, 0.25) is 10.0 Å². The average Bonchev–Trinajstić information content (AvgIpc) is 3.05. The number of rotatable bonds is 10. The number of allylic oxidation sites excluding steroid dienone is 1. The van der Waals surface area contributed by atoms with Gasteiger partial charge in [0.1, 0.15) is 17.6 Å². The number of aromatic hydroxyl groups is 2. The van der Waals surface area contributed by atoms with Crippen molar-refractivity contribution in [1.29, 1.82) is 0 Å². The topological polar surface area (TPSA) is 107 Å². The maximum Gasteiger partial charge on any atom is 0.306 e. The molecule has 1 unspecified atom stereocenters. The fraction of sp³-hybridized carbons (Fsp3) is 0.553. The Morgan fingerprint density at radius 2 is 1.71 bits per heavy atom. The first-order chi connectivity index (χ1) is 23.0. The summed E-state index contributed by atoms with van der Waals surface area (Å²) >= 11 is 13.3. The Bertz CT molecular complexity index is 1570. The molecule has 0 saturated carbocycles. The Kier molecular flexibility index (Phi) is 10.9. The number of phenolic OH excluding ortho intramolecular Hbond substituents is 2. The summed E-state index contributed by atoms with van der Waals surface area (Å²) in [6.07, 6.45) is 7.47. The van der Waals surface area contributed by atoms with Crippen LogP contribution in [0.3, 0.4) is 0 Å². The van der Waals surface area contributed by atoms with Crippen molar-refractivity contribution in [2.45, 2.75) is 96.4 Å². The molecule has 258 valence electrons. The summed E-state index contributed by atoms with van der Waals surface area (Å²) in [4.78, 5) is 45.4. The second kappa shape index (κ2) is 14.9. The first-order valence-corrected chi connectivity index (χ1v) is 18.1. The van der Waals surface area contributed by atoms with Crippen molar-refractivity contribution < 1.29 is 29.3 Å². The van der Waals surface area contributed by atoms with E-state index in [-0.39, 0.29) is 47.9 Å². The molecule has 2 N–H and O–H groups in total. The van der Waals surface area contributed by atoms with Crippen molar-refractivity contribution in [1.82, 2.24) is 9.80 Å². The molecule has 2 aromatic carbocycles. The first kappa shape index (κ1) is 34.9. The van der Waals surface area contributed by atoms with Gasteiger partial charge in [-0.1, -0.05) is 40.9 Å². The number of phenols is 2. The van der Waals surface area contributed by atoms with E-state index in [0.717, 1.165) is 43.6 Å². The summed E-state index contributed by atoms with van der Waals surface area (Å²) in [7, 11) is 0. The number of hydrogen-bond acceptors (Lipinski definition) is 8. The summed E-state index contributed by atoms with van der Waals surface area (Å²) in [6.45, 7) is 7.79. The van der Waals surface area contributed by atoms with Gasteiger partial charge in [0.2, 0.25) is 0 Å². The van der Waals surface area contributed by atoms with Crippen LogP contribution in [-0.4, -0.2) is 75.4 Å². The number of piperidine rings is 3. The van der Waals surface area contributed by atoms with Crippen molar-refractivity contribution >= 4 is 40.7 Å². The summed E-state index contributed by atoms with van der Waals surface area (Å²) in [5.74, 6) is -1.94. The minimum absolute atomic E-state index is 0.167. The van der Waals surface area contributed by atoms with E-state index in [1.165, 1.54) is 31.4 Å². The largest absolute Gasteiger partial charge is 0.507 e. The number of fused-ring (bicyclic) bond motifs is 1. The molecule has 8 nitrogen and oxygen atoms in total. The fourth-order valence-electron chi connectivity index (χ4n) is 8.87. The Morgan fingerprint density at radius 3 is 2.42 bits per heavy atom. The molecule has 48 heavy (non-hydrogen) atoms. The van der Waals surface area contributed by atoms with E-state index >= 15 is 0 Å². The number of benzene rings is 2. The van der Waals surface area contributed by atoms with Crippen LogP contribution in [0.4, 0.5) is 0 Å². The molecule has 0 amide bonds. The summed E-state index contributed by atoms with van der Waals surface area (Å²) in [5, 5.41) is 22.1. The molecule has 0 spiro atoms. The number of nitrogens with zero attached hydrogens (tertiary/aromatic N) is 2. The molecule has 10 heteroatoms. The fourth-order valence-corrected chi connectivity index (χ4v) is 9.39. The van der Waals surface area contributed by atoms with Gasteiger partial charge in [-0.3, -0.25) is 24.2 Å². The molecule has 0 bridgehead atoms. The summed E-state index contributed by atoms with van der Waals surface area (Å²) < 4.78 is 6.00. The van der Waals surface area contributed by atoms with Gasteiger partial charge in [0.05, 0.1) is 17.0 Å². The van der Waals surface area contributed by atoms with Crippen molar-refractivity contribution in [3.63, 3.8) is 0 Å². The molecule has 6 atom stereocenters. The second-order valence-corrected chi connectivity index (χ2v) is 15.1. The lowest BCUT2D eigenvalue weighted by Crippen LogP contribution is -2.64. The Hall–Kier alpha value is -2.91. The van der Waals surface area contributed by atoms with E-state index in [2.05, 4.69) is 9.80 Å². The normalized spacial score (nSPS) is 26.4. The van der Waals surface area contributed by atoms with Crippen LogP contribution in [0.1, 0.15) is 97.9 Å². The Labute approximate surface area is 293 Å². The number of ketones is 2. The minimum Gasteiger partial charge on any atom is -0.507 e. The quantitative estimate of drug-likeness (QED) is 0.149. The summed E-state index contributed by atoms with van der Waals surface area (Å²) in [5.41, 5.74) is 1.57. The molecule has 3 heterocycles. The van der Waals surface area contributed by atoms with Gasteiger partial charge in [-0.15, -0.1) is 0 Å². The number of carbonyl (C=O) groups is 3. The van der Waals surface area contributed by atoms with E-state index in [4.69, 9.17) is 27.9 Å². The maximum absolute atomic E-state index is 13.6. The van der Waals surface area contributed by atoms with Gasteiger partial charge < -0.3 is 14.9 Å². The zero-order valence-electron chi connectivity index (χ0n) is 27.8. The molecule has 0 radical (unpaired) electrons. The van der Waals surface area contributed by atoms with E-state index in [0.29, 0.717) is 40.9 Å². The monoisotopic (exact) mass is 696 g/mol. The number of hydrogen-bond donors (Lipinski definition) is 2.